The Morgan fingerprint density at radius 2 is 2.08 bits per heavy atom. The van der Waals surface area contributed by atoms with E-state index in [1.807, 2.05) is 19.1 Å². The van der Waals surface area contributed by atoms with Gasteiger partial charge in [0.2, 0.25) is 11.8 Å². The molecule has 0 spiro atoms. The van der Waals surface area contributed by atoms with Gasteiger partial charge in [0.15, 0.2) is 0 Å². The first-order valence-corrected chi connectivity index (χ1v) is 9.08. The van der Waals surface area contributed by atoms with E-state index in [9.17, 15) is 14.0 Å². The molecule has 1 fully saturated rings. The molecule has 0 atom stereocenters. The van der Waals surface area contributed by atoms with Crippen molar-refractivity contribution in [2.45, 2.75) is 19.8 Å². The van der Waals surface area contributed by atoms with Crippen LogP contribution >= 0.6 is 15.9 Å². The predicted octanol–water partition coefficient (Wildman–Crippen LogP) is 4.68. The van der Waals surface area contributed by atoms with Crippen molar-refractivity contribution in [3.63, 3.8) is 0 Å². The average Bonchev–Trinajstić information content (AvgIpc) is 3.02. The number of aryl methyl sites for hydroxylation is 1. The maximum Gasteiger partial charge on any atom is 0.248 e. The molecule has 4 nitrogen and oxygen atoms in total. The summed E-state index contributed by atoms with van der Waals surface area (Å²) < 4.78 is 14.4. The number of carbonyl (C=O) groups is 2. The highest BCUT2D eigenvalue weighted by Crippen LogP contribution is 2.27. The van der Waals surface area contributed by atoms with Gasteiger partial charge < -0.3 is 10.2 Å². The lowest BCUT2D eigenvalue weighted by atomic mass is 10.1. The number of hydrogen-bond acceptors (Lipinski definition) is 2. The summed E-state index contributed by atoms with van der Waals surface area (Å²) in [5.74, 6) is -0.620. The SMILES string of the molecule is Cc1cc(NC(=O)/C=C/c2cc(Br)ccc2F)ccc1N1CCCC1=O. The van der Waals surface area contributed by atoms with Crippen LogP contribution in [-0.2, 0) is 9.59 Å². The highest BCUT2D eigenvalue weighted by molar-refractivity contribution is 9.10. The normalized spacial score (nSPS) is 14.3. The Labute approximate surface area is 159 Å². The van der Waals surface area contributed by atoms with Gasteiger partial charge in [0.25, 0.3) is 0 Å². The predicted molar refractivity (Wildman–Crippen MR) is 105 cm³/mol. The lowest BCUT2D eigenvalue weighted by molar-refractivity contribution is -0.117. The third-order valence-electron chi connectivity index (χ3n) is 4.20. The minimum atomic E-state index is -0.396. The number of hydrogen-bond donors (Lipinski definition) is 1. The molecule has 2 aromatic rings. The molecule has 0 radical (unpaired) electrons. The first-order chi connectivity index (χ1) is 12.4. The van der Waals surface area contributed by atoms with Gasteiger partial charge in [0.1, 0.15) is 5.82 Å². The van der Waals surface area contributed by atoms with Gasteiger partial charge in [0.05, 0.1) is 0 Å². The van der Waals surface area contributed by atoms with Gasteiger partial charge in [-0.15, -0.1) is 0 Å². The molecule has 3 rings (SSSR count). The summed E-state index contributed by atoms with van der Waals surface area (Å²) in [7, 11) is 0. The molecule has 0 aromatic heterocycles. The average molecular weight is 417 g/mol. The lowest BCUT2D eigenvalue weighted by Gasteiger charge is -2.19. The van der Waals surface area contributed by atoms with Crippen LogP contribution < -0.4 is 10.2 Å². The number of rotatable bonds is 4. The quantitative estimate of drug-likeness (QED) is 0.735. The number of nitrogens with one attached hydrogen (secondary N) is 1. The summed E-state index contributed by atoms with van der Waals surface area (Å²) in [4.78, 5) is 25.7. The van der Waals surface area contributed by atoms with Crippen molar-refractivity contribution < 1.29 is 14.0 Å². The van der Waals surface area contributed by atoms with E-state index in [1.165, 1.54) is 18.2 Å². The third kappa shape index (κ3) is 4.19. The number of halogens is 2. The molecule has 134 valence electrons. The highest BCUT2D eigenvalue weighted by atomic mass is 79.9. The molecule has 1 heterocycles. The molecule has 1 aliphatic heterocycles. The van der Waals surface area contributed by atoms with Gasteiger partial charge in [-0.25, -0.2) is 4.39 Å². The summed E-state index contributed by atoms with van der Waals surface area (Å²) in [6.45, 7) is 2.63. The summed E-state index contributed by atoms with van der Waals surface area (Å²) in [6, 6.07) is 9.97. The van der Waals surface area contributed by atoms with E-state index in [1.54, 1.807) is 23.1 Å². The minimum absolute atomic E-state index is 0.129. The van der Waals surface area contributed by atoms with Crippen molar-refractivity contribution in [3.05, 3.63) is 63.9 Å². The van der Waals surface area contributed by atoms with Crippen LogP contribution in [0.3, 0.4) is 0 Å². The van der Waals surface area contributed by atoms with Gasteiger partial charge in [-0.1, -0.05) is 15.9 Å². The number of amides is 2. The van der Waals surface area contributed by atoms with Gasteiger partial charge in [0, 0.05) is 40.5 Å². The zero-order valence-electron chi connectivity index (χ0n) is 14.3. The monoisotopic (exact) mass is 416 g/mol. The molecular weight excluding hydrogens is 399 g/mol. The van der Waals surface area contributed by atoms with Gasteiger partial charge in [-0.05, 0) is 61.4 Å². The second kappa shape index (κ2) is 7.83. The van der Waals surface area contributed by atoms with Crippen molar-refractivity contribution in [1.29, 1.82) is 0 Å². The first-order valence-electron chi connectivity index (χ1n) is 8.29. The van der Waals surface area contributed by atoms with Gasteiger partial charge >= 0.3 is 0 Å². The van der Waals surface area contributed by atoms with Crippen molar-refractivity contribution in [1.82, 2.24) is 0 Å². The summed E-state index contributed by atoms with van der Waals surface area (Å²) >= 11 is 3.27. The Morgan fingerprint density at radius 3 is 2.77 bits per heavy atom. The molecule has 2 amide bonds. The van der Waals surface area contributed by atoms with Crippen molar-refractivity contribution >= 4 is 45.2 Å². The molecule has 0 saturated carbocycles. The second-order valence-electron chi connectivity index (χ2n) is 6.14. The molecule has 26 heavy (non-hydrogen) atoms. The molecular formula is C20H18BrFN2O2. The summed E-state index contributed by atoms with van der Waals surface area (Å²) in [5, 5.41) is 2.75. The van der Waals surface area contributed by atoms with Crippen molar-refractivity contribution in [2.75, 3.05) is 16.8 Å². The van der Waals surface area contributed by atoms with E-state index in [4.69, 9.17) is 0 Å². The van der Waals surface area contributed by atoms with Gasteiger partial charge in [-0.3, -0.25) is 9.59 Å². The number of nitrogens with zero attached hydrogens (tertiary/aromatic N) is 1. The first kappa shape index (κ1) is 18.3. The van der Waals surface area contributed by atoms with E-state index < -0.39 is 5.82 Å². The van der Waals surface area contributed by atoms with Crippen LogP contribution in [0.25, 0.3) is 6.08 Å². The van der Waals surface area contributed by atoms with Gasteiger partial charge in [-0.2, -0.15) is 0 Å². The molecule has 1 N–H and O–H groups in total. The molecule has 1 saturated heterocycles. The van der Waals surface area contributed by atoms with Crippen LogP contribution in [0.4, 0.5) is 15.8 Å². The standard InChI is InChI=1S/C20H18BrFN2O2/c1-13-11-16(6-8-18(13)24-10-2-3-20(24)26)23-19(25)9-4-14-12-15(21)5-7-17(14)22/h4-9,11-12H,2-3,10H2,1H3,(H,23,25)/b9-4+. The van der Waals surface area contributed by atoms with Crippen LogP contribution in [0.15, 0.2) is 46.9 Å². The van der Waals surface area contributed by atoms with Crippen molar-refractivity contribution in [2.24, 2.45) is 0 Å². The Bertz CT molecular complexity index is 895. The summed E-state index contributed by atoms with van der Waals surface area (Å²) in [6.07, 6.45) is 4.17. The topological polar surface area (TPSA) is 49.4 Å². The molecule has 0 bridgehead atoms. The fourth-order valence-electron chi connectivity index (χ4n) is 2.93. The highest BCUT2D eigenvalue weighted by Gasteiger charge is 2.22. The van der Waals surface area contributed by atoms with E-state index in [2.05, 4.69) is 21.2 Å². The van der Waals surface area contributed by atoms with Crippen molar-refractivity contribution in [3.8, 4) is 0 Å². The smallest absolute Gasteiger partial charge is 0.248 e. The third-order valence-corrected chi connectivity index (χ3v) is 4.69. The number of anilines is 2. The van der Waals surface area contributed by atoms with Crippen LogP contribution in [0.5, 0.6) is 0 Å². The van der Waals surface area contributed by atoms with Crippen LogP contribution in [-0.4, -0.2) is 18.4 Å². The molecule has 6 heteroatoms. The lowest BCUT2D eigenvalue weighted by Crippen LogP contribution is -2.24. The van der Waals surface area contributed by atoms with E-state index in [0.717, 1.165) is 28.7 Å². The Hall–Kier alpha value is -2.47. The second-order valence-corrected chi connectivity index (χ2v) is 7.05. The largest absolute Gasteiger partial charge is 0.323 e. The molecule has 0 aliphatic carbocycles. The zero-order valence-corrected chi connectivity index (χ0v) is 15.8. The van der Waals surface area contributed by atoms with E-state index >= 15 is 0 Å². The fraction of sp³-hybridized carbons (Fsp3) is 0.200. The maximum absolute atomic E-state index is 13.7. The molecule has 1 aliphatic rings. The van der Waals surface area contributed by atoms with Crippen LogP contribution in [0.2, 0.25) is 0 Å². The van der Waals surface area contributed by atoms with E-state index in [-0.39, 0.29) is 11.8 Å². The van der Waals surface area contributed by atoms with E-state index in [0.29, 0.717) is 17.7 Å². The molecule has 0 unspecified atom stereocenters. The Balaban J connectivity index is 1.69. The number of carbonyl (C=O) groups excluding carboxylic acids is 2. The summed E-state index contributed by atoms with van der Waals surface area (Å²) in [5.41, 5.74) is 2.74. The van der Waals surface area contributed by atoms with Crippen LogP contribution in [0.1, 0.15) is 24.0 Å². The molecule has 2 aromatic carbocycles. The Kier molecular flexibility index (Phi) is 5.52. The zero-order chi connectivity index (χ0) is 18.7. The number of benzene rings is 2. The van der Waals surface area contributed by atoms with Crippen LogP contribution in [0, 0.1) is 12.7 Å². The fourth-order valence-corrected chi connectivity index (χ4v) is 3.31. The maximum atomic E-state index is 13.7. The minimum Gasteiger partial charge on any atom is -0.323 e. The Morgan fingerprint density at radius 1 is 1.27 bits per heavy atom.